The number of aliphatic imine (C=N–C) groups is 1. The summed E-state index contributed by atoms with van der Waals surface area (Å²) in [6.07, 6.45) is 11.5. The summed E-state index contributed by atoms with van der Waals surface area (Å²) in [6, 6.07) is 2.39. The van der Waals surface area contributed by atoms with Crippen molar-refractivity contribution in [2.45, 2.75) is 37.7 Å². The first-order valence-electron chi connectivity index (χ1n) is 7.94. The van der Waals surface area contributed by atoms with E-state index in [0.717, 1.165) is 24.6 Å². The van der Waals surface area contributed by atoms with Crippen LogP contribution in [0.2, 0.25) is 0 Å². The number of ether oxygens (including phenoxy) is 1. The molecule has 1 aliphatic carbocycles. The SMILES string of the molecule is CN1C=CC(c2ccncn2)=NC1N1CCO[C@@H]2CCC[C@H]21. The van der Waals surface area contributed by atoms with Crippen LogP contribution in [-0.4, -0.2) is 64.1 Å². The van der Waals surface area contributed by atoms with Gasteiger partial charge in [0.15, 0.2) is 6.29 Å². The topological polar surface area (TPSA) is 53.9 Å². The molecule has 2 aliphatic heterocycles. The van der Waals surface area contributed by atoms with Crippen molar-refractivity contribution in [2.75, 3.05) is 20.2 Å². The molecule has 3 heterocycles. The van der Waals surface area contributed by atoms with Crippen molar-refractivity contribution in [3.05, 3.63) is 36.6 Å². The highest BCUT2D eigenvalue weighted by molar-refractivity contribution is 6.07. The molecule has 0 radical (unpaired) electrons. The summed E-state index contributed by atoms with van der Waals surface area (Å²) in [5.74, 6) is 0. The Bertz CT molecular complexity index is 587. The van der Waals surface area contributed by atoms with Crippen molar-refractivity contribution >= 4 is 5.71 Å². The smallest absolute Gasteiger partial charge is 0.179 e. The van der Waals surface area contributed by atoms with Gasteiger partial charge in [-0.15, -0.1) is 0 Å². The second kappa shape index (κ2) is 5.78. The van der Waals surface area contributed by atoms with E-state index < -0.39 is 0 Å². The third kappa shape index (κ3) is 2.42. The molecule has 0 spiro atoms. The maximum absolute atomic E-state index is 5.92. The first-order valence-corrected chi connectivity index (χ1v) is 7.94. The molecule has 1 aromatic rings. The zero-order chi connectivity index (χ0) is 14.9. The fourth-order valence-electron chi connectivity index (χ4n) is 3.67. The maximum atomic E-state index is 5.92. The van der Waals surface area contributed by atoms with E-state index in [9.17, 15) is 0 Å². The van der Waals surface area contributed by atoms with Crippen molar-refractivity contribution in [1.29, 1.82) is 0 Å². The Morgan fingerprint density at radius 3 is 3.14 bits per heavy atom. The van der Waals surface area contributed by atoms with E-state index >= 15 is 0 Å². The summed E-state index contributed by atoms with van der Waals surface area (Å²) in [5.41, 5.74) is 1.80. The Kier molecular flexibility index (Phi) is 3.63. The number of rotatable bonds is 2. The zero-order valence-corrected chi connectivity index (χ0v) is 12.8. The second-order valence-corrected chi connectivity index (χ2v) is 6.08. The van der Waals surface area contributed by atoms with E-state index in [0.29, 0.717) is 12.1 Å². The Morgan fingerprint density at radius 1 is 1.32 bits per heavy atom. The van der Waals surface area contributed by atoms with Gasteiger partial charge in [-0.05, 0) is 31.4 Å². The van der Waals surface area contributed by atoms with Crippen LogP contribution in [0.25, 0.3) is 0 Å². The van der Waals surface area contributed by atoms with Gasteiger partial charge in [-0.3, -0.25) is 4.90 Å². The first kappa shape index (κ1) is 13.8. The maximum Gasteiger partial charge on any atom is 0.179 e. The highest BCUT2D eigenvalue weighted by Gasteiger charge is 2.40. The molecule has 0 aromatic carbocycles. The number of nitrogens with zero attached hydrogens (tertiary/aromatic N) is 5. The minimum atomic E-state index is 0.0319. The molecule has 0 bridgehead atoms. The van der Waals surface area contributed by atoms with Crippen LogP contribution in [0.15, 0.2) is 35.9 Å². The average molecular weight is 299 g/mol. The monoisotopic (exact) mass is 299 g/mol. The molecule has 2 fully saturated rings. The molecule has 6 heteroatoms. The molecule has 3 aliphatic rings. The Balaban J connectivity index is 1.62. The van der Waals surface area contributed by atoms with Crippen molar-refractivity contribution in [2.24, 2.45) is 4.99 Å². The molecule has 1 unspecified atom stereocenters. The number of morpholine rings is 1. The lowest BCUT2D eigenvalue weighted by molar-refractivity contribution is -0.0899. The van der Waals surface area contributed by atoms with Crippen LogP contribution in [0.3, 0.4) is 0 Å². The van der Waals surface area contributed by atoms with Gasteiger partial charge in [-0.25, -0.2) is 15.0 Å². The number of hydrogen-bond donors (Lipinski definition) is 0. The highest BCUT2D eigenvalue weighted by Crippen LogP contribution is 2.32. The minimum absolute atomic E-state index is 0.0319. The minimum Gasteiger partial charge on any atom is -0.375 e. The number of allylic oxidation sites excluding steroid dienone is 1. The van der Waals surface area contributed by atoms with E-state index in [1.165, 1.54) is 19.3 Å². The van der Waals surface area contributed by atoms with Gasteiger partial charge in [0.2, 0.25) is 0 Å². The Hall–Kier alpha value is -1.79. The normalized spacial score (nSPS) is 32.0. The van der Waals surface area contributed by atoms with Crippen LogP contribution in [0.5, 0.6) is 0 Å². The molecule has 0 amide bonds. The highest BCUT2D eigenvalue weighted by atomic mass is 16.5. The van der Waals surface area contributed by atoms with Gasteiger partial charge >= 0.3 is 0 Å². The molecular formula is C16H21N5O. The Labute approximate surface area is 130 Å². The first-order chi connectivity index (χ1) is 10.8. The third-order valence-electron chi connectivity index (χ3n) is 4.75. The van der Waals surface area contributed by atoms with Crippen molar-refractivity contribution in [1.82, 2.24) is 19.8 Å². The summed E-state index contributed by atoms with van der Waals surface area (Å²) < 4.78 is 5.92. The van der Waals surface area contributed by atoms with Gasteiger partial charge in [0.05, 0.1) is 24.1 Å². The molecule has 1 aromatic heterocycles. The molecule has 1 saturated carbocycles. The number of fused-ring (bicyclic) bond motifs is 1. The number of aromatic nitrogens is 2. The van der Waals surface area contributed by atoms with E-state index in [1.54, 1.807) is 12.5 Å². The fourth-order valence-corrected chi connectivity index (χ4v) is 3.67. The largest absolute Gasteiger partial charge is 0.375 e. The Morgan fingerprint density at radius 2 is 2.27 bits per heavy atom. The zero-order valence-electron chi connectivity index (χ0n) is 12.8. The summed E-state index contributed by atoms with van der Waals surface area (Å²) >= 11 is 0. The molecular weight excluding hydrogens is 278 g/mol. The molecule has 6 nitrogen and oxygen atoms in total. The van der Waals surface area contributed by atoms with Crippen LogP contribution in [-0.2, 0) is 4.74 Å². The van der Waals surface area contributed by atoms with Crippen molar-refractivity contribution in [3.8, 4) is 0 Å². The second-order valence-electron chi connectivity index (χ2n) is 6.08. The summed E-state index contributed by atoms with van der Waals surface area (Å²) in [6.45, 7) is 1.73. The van der Waals surface area contributed by atoms with Crippen LogP contribution in [0.4, 0.5) is 0 Å². The molecule has 3 atom stereocenters. The molecule has 4 rings (SSSR count). The lowest BCUT2D eigenvalue weighted by Crippen LogP contribution is -2.57. The van der Waals surface area contributed by atoms with Gasteiger partial charge in [0, 0.05) is 32.0 Å². The van der Waals surface area contributed by atoms with Gasteiger partial charge in [0.25, 0.3) is 0 Å². The van der Waals surface area contributed by atoms with Crippen LogP contribution in [0.1, 0.15) is 25.0 Å². The van der Waals surface area contributed by atoms with Gasteiger partial charge in [0.1, 0.15) is 6.33 Å². The summed E-state index contributed by atoms with van der Waals surface area (Å²) in [5, 5.41) is 0. The quantitative estimate of drug-likeness (QED) is 0.823. The predicted molar refractivity (Wildman–Crippen MR) is 83.3 cm³/mol. The molecule has 1 saturated heterocycles. The van der Waals surface area contributed by atoms with Crippen LogP contribution in [0, 0.1) is 0 Å². The lowest BCUT2D eigenvalue weighted by Gasteiger charge is -2.44. The third-order valence-corrected chi connectivity index (χ3v) is 4.75. The van der Waals surface area contributed by atoms with Gasteiger partial charge in [-0.2, -0.15) is 0 Å². The van der Waals surface area contributed by atoms with Gasteiger partial charge < -0.3 is 9.64 Å². The van der Waals surface area contributed by atoms with E-state index in [4.69, 9.17) is 9.73 Å². The van der Waals surface area contributed by atoms with Crippen LogP contribution < -0.4 is 0 Å². The predicted octanol–water partition coefficient (Wildman–Crippen LogP) is 1.26. The summed E-state index contributed by atoms with van der Waals surface area (Å²) in [7, 11) is 2.08. The van der Waals surface area contributed by atoms with Gasteiger partial charge in [-0.1, -0.05) is 0 Å². The molecule has 22 heavy (non-hydrogen) atoms. The number of hydrogen-bond acceptors (Lipinski definition) is 6. The van der Waals surface area contributed by atoms with Crippen molar-refractivity contribution in [3.63, 3.8) is 0 Å². The standard InChI is InChI=1S/C16H21N5O/c1-20-8-6-13(12-5-7-17-11-18-12)19-16(20)21-9-10-22-15-4-2-3-14(15)21/h5-8,11,14-16H,2-4,9-10H2,1H3/t14-,15-,16?/m1/s1. The van der Waals surface area contributed by atoms with Crippen molar-refractivity contribution < 1.29 is 4.74 Å². The van der Waals surface area contributed by atoms with E-state index in [2.05, 4.69) is 33.0 Å². The summed E-state index contributed by atoms with van der Waals surface area (Å²) in [4.78, 5) is 17.9. The van der Waals surface area contributed by atoms with Crippen LogP contribution >= 0.6 is 0 Å². The fraction of sp³-hybridized carbons (Fsp3) is 0.562. The van der Waals surface area contributed by atoms with E-state index in [1.807, 2.05) is 12.1 Å². The molecule has 0 N–H and O–H groups in total. The lowest BCUT2D eigenvalue weighted by atomic mass is 10.1. The van der Waals surface area contributed by atoms with E-state index in [-0.39, 0.29) is 6.29 Å². The molecule has 116 valence electrons. The average Bonchev–Trinajstić information content (AvgIpc) is 3.05.